The van der Waals surface area contributed by atoms with Crippen LogP contribution in [0.2, 0.25) is 0 Å². The number of benzene rings is 1. The van der Waals surface area contributed by atoms with Crippen molar-refractivity contribution in [2.45, 2.75) is 38.9 Å². The Kier molecular flexibility index (Phi) is 4.34. The third kappa shape index (κ3) is 3.02. The smallest absolute Gasteiger partial charge is 0.400 e. The summed E-state index contributed by atoms with van der Waals surface area (Å²) in [5.41, 5.74) is 10.8. The van der Waals surface area contributed by atoms with Crippen molar-refractivity contribution in [1.29, 1.82) is 0 Å². The highest BCUT2D eigenvalue weighted by atomic mass is 19.1. The fraction of sp³-hybridized carbons (Fsp3) is 0.467. The molecule has 0 spiro atoms. The van der Waals surface area contributed by atoms with Crippen molar-refractivity contribution in [1.82, 2.24) is 0 Å². The predicted molar refractivity (Wildman–Crippen MR) is 83.9 cm³/mol. The van der Waals surface area contributed by atoms with Crippen molar-refractivity contribution in [2.75, 3.05) is 12.3 Å². The van der Waals surface area contributed by atoms with Gasteiger partial charge in [0, 0.05) is 18.2 Å². The van der Waals surface area contributed by atoms with Crippen molar-refractivity contribution in [2.24, 2.45) is 5.73 Å². The Morgan fingerprint density at radius 2 is 1.68 bits per heavy atom. The van der Waals surface area contributed by atoms with E-state index in [1.807, 2.05) is 27.7 Å². The molecule has 1 heterocycles. The van der Waals surface area contributed by atoms with E-state index in [1.54, 1.807) is 0 Å². The van der Waals surface area contributed by atoms with E-state index in [0.29, 0.717) is 5.47 Å². The van der Waals surface area contributed by atoms with E-state index in [0.717, 1.165) is 6.07 Å². The van der Waals surface area contributed by atoms with Crippen LogP contribution < -0.4 is 11.5 Å². The first-order chi connectivity index (χ1) is 10.1. The van der Waals surface area contributed by atoms with Crippen LogP contribution in [0.4, 0.5) is 14.5 Å². The summed E-state index contributed by atoms with van der Waals surface area (Å²) in [6.07, 6.45) is 1.49. The molecule has 1 fully saturated rings. The summed E-state index contributed by atoms with van der Waals surface area (Å²) in [6, 6.07) is 1.98. The third-order valence-corrected chi connectivity index (χ3v) is 4.25. The number of hydrogen-bond acceptors (Lipinski definition) is 4. The Morgan fingerprint density at radius 3 is 2.18 bits per heavy atom. The monoisotopic (exact) mass is 310 g/mol. The first-order valence-electron chi connectivity index (χ1n) is 7.08. The summed E-state index contributed by atoms with van der Waals surface area (Å²) in [6.45, 7) is 7.78. The molecule has 1 saturated heterocycles. The second kappa shape index (κ2) is 5.64. The molecule has 4 nitrogen and oxygen atoms in total. The van der Waals surface area contributed by atoms with Gasteiger partial charge in [0.25, 0.3) is 0 Å². The Morgan fingerprint density at radius 1 is 1.14 bits per heavy atom. The summed E-state index contributed by atoms with van der Waals surface area (Å²) < 4.78 is 38.8. The summed E-state index contributed by atoms with van der Waals surface area (Å²) in [4.78, 5) is 0. The molecule has 1 aromatic rings. The fourth-order valence-corrected chi connectivity index (χ4v) is 2.11. The number of nitrogen functional groups attached to an aromatic ring is 1. The van der Waals surface area contributed by atoms with Crippen molar-refractivity contribution >= 4 is 18.9 Å². The SMILES string of the molecule is CC1(C)OB(C(=Cc2cc(N)c(F)cc2F)CN)OC1(C)C. The number of nitrogens with two attached hydrogens (primary N) is 2. The molecule has 0 bridgehead atoms. The van der Waals surface area contributed by atoms with Crippen molar-refractivity contribution in [3.63, 3.8) is 0 Å². The molecule has 22 heavy (non-hydrogen) atoms. The Balaban J connectivity index is 2.36. The van der Waals surface area contributed by atoms with Gasteiger partial charge < -0.3 is 20.8 Å². The molecular weight excluding hydrogens is 289 g/mol. The van der Waals surface area contributed by atoms with Crippen LogP contribution in [0, 0.1) is 11.6 Å². The molecule has 1 aliphatic heterocycles. The van der Waals surface area contributed by atoms with Gasteiger partial charge in [0.05, 0.1) is 16.9 Å². The minimum absolute atomic E-state index is 0.119. The molecular formula is C15H21BF2N2O2. The van der Waals surface area contributed by atoms with E-state index in [2.05, 4.69) is 0 Å². The quantitative estimate of drug-likeness (QED) is 0.665. The van der Waals surface area contributed by atoms with E-state index in [9.17, 15) is 8.78 Å². The van der Waals surface area contributed by atoms with Gasteiger partial charge in [-0.1, -0.05) is 6.08 Å². The number of rotatable bonds is 3. The molecule has 120 valence electrons. The lowest BCUT2D eigenvalue weighted by Crippen LogP contribution is -2.41. The topological polar surface area (TPSA) is 70.5 Å². The average molecular weight is 310 g/mol. The Hall–Kier alpha value is -1.44. The molecule has 7 heteroatoms. The lowest BCUT2D eigenvalue weighted by Gasteiger charge is -2.32. The molecule has 1 aliphatic rings. The minimum atomic E-state index is -0.792. The van der Waals surface area contributed by atoms with Gasteiger partial charge in [0.2, 0.25) is 0 Å². The predicted octanol–water partition coefficient (Wildman–Crippen LogP) is 2.52. The number of hydrogen-bond donors (Lipinski definition) is 2. The summed E-state index contributed by atoms with van der Waals surface area (Å²) in [5, 5.41) is 0. The van der Waals surface area contributed by atoms with Crippen LogP contribution in [0.1, 0.15) is 33.3 Å². The molecule has 0 unspecified atom stereocenters. The lowest BCUT2D eigenvalue weighted by atomic mass is 9.77. The average Bonchev–Trinajstić information content (AvgIpc) is 2.61. The second-order valence-corrected chi connectivity index (χ2v) is 6.41. The zero-order chi connectivity index (χ0) is 16.7. The van der Waals surface area contributed by atoms with Gasteiger partial charge in [-0.25, -0.2) is 8.78 Å². The Bertz CT molecular complexity index is 602. The summed E-state index contributed by atoms with van der Waals surface area (Å²) >= 11 is 0. The van der Waals surface area contributed by atoms with Gasteiger partial charge in [-0.3, -0.25) is 0 Å². The molecule has 0 atom stereocenters. The molecule has 2 rings (SSSR count). The van der Waals surface area contributed by atoms with Crippen LogP contribution in [0.5, 0.6) is 0 Å². The van der Waals surface area contributed by atoms with Crippen molar-refractivity contribution in [3.05, 3.63) is 34.8 Å². The van der Waals surface area contributed by atoms with Crippen LogP contribution in [0.25, 0.3) is 6.08 Å². The van der Waals surface area contributed by atoms with E-state index in [-0.39, 0.29) is 17.8 Å². The zero-order valence-corrected chi connectivity index (χ0v) is 13.2. The van der Waals surface area contributed by atoms with E-state index in [1.165, 1.54) is 12.1 Å². The first kappa shape index (κ1) is 16.9. The molecule has 4 N–H and O–H groups in total. The van der Waals surface area contributed by atoms with Gasteiger partial charge in [-0.2, -0.15) is 0 Å². The van der Waals surface area contributed by atoms with Crippen LogP contribution >= 0.6 is 0 Å². The second-order valence-electron chi connectivity index (χ2n) is 6.41. The highest BCUT2D eigenvalue weighted by molar-refractivity contribution is 6.55. The van der Waals surface area contributed by atoms with Gasteiger partial charge in [-0.05, 0) is 39.2 Å². The Labute approximate surface area is 129 Å². The molecule has 1 aromatic carbocycles. The van der Waals surface area contributed by atoms with E-state index < -0.39 is 30.0 Å². The number of anilines is 1. The van der Waals surface area contributed by atoms with Crippen LogP contribution in [-0.4, -0.2) is 24.9 Å². The maximum atomic E-state index is 13.9. The van der Waals surface area contributed by atoms with Crippen molar-refractivity contribution in [3.8, 4) is 0 Å². The van der Waals surface area contributed by atoms with Gasteiger partial charge in [0.1, 0.15) is 11.6 Å². The molecule has 0 aliphatic carbocycles. The van der Waals surface area contributed by atoms with Crippen LogP contribution in [0.15, 0.2) is 17.6 Å². The van der Waals surface area contributed by atoms with Crippen LogP contribution in [-0.2, 0) is 9.31 Å². The van der Waals surface area contributed by atoms with Crippen molar-refractivity contribution < 1.29 is 18.1 Å². The molecule has 0 saturated carbocycles. The first-order valence-corrected chi connectivity index (χ1v) is 7.08. The van der Waals surface area contributed by atoms with E-state index >= 15 is 0 Å². The summed E-state index contributed by atoms with van der Waals surface area (Å²) in [5.74, 6) is -1.51. The fourth-order valence-electron chi connectivity index (χ4n) is 2.11. The normalized spacial score (nSPS) is 20.5. The largest absolute Gasteiger partial charge is 0.491 e. The lowest BCUT2D eigenvalue weighted by molar-refractivity contribution is 0.00578. The highest BCUT2D eigenvalue weighted by Crippen LogP contribution is 2.38. The molecule has 0 radical (unpaired) electrons. The third-order valence-electron chi connectivity index (χ3n) is 4.25. The number of halogens is 2. The van der Waals surface area contributed by atoms with Gasteiger partial charge in [0.15, 0.2) is 0 Å². The standard InChI is InChI=1S/C15H21BF2N2O2/c1-14(2)15(3,4)22-16(21-14)10(8-19)5-9-6-13(20)12(18)7-11(9)17/h5-7H,8,19-20H2,1-4H3. The van der Waals surface area contributed by atoms with E-state index in [4.69, 9.17) is 20.8 Å². The van der Waals surface area contributed by atoms with Crippen LogP contribution in [0.3, 0.4) is 0 Å². The maximum absolute atomic E-state index is 13.9. The molecule has 0 amide bonds. The van der Waals surface area contributed by atoms with Gasteiger partial charge >= 0.3 is 7.12 Å². The summed E-state index contributed by atoms with van der Waals surface area (Å²) in [7, 11) is -0.680. The maximum Gasteiger partial charge on any atom is 0.491 e. The zero-order valence-electron chi connectivity index (χ0n) is 13.2. The van der Waals surface area contributed by atoms with Gasteiger partial charge in [-0.15, -0.1) is 0 Å². The highest BCUT2D eigenvalue weighted by Gasteiger charge is 2.52. The minimum Gasteiger partial charge on any atom is -0.400 e. The molecule has 0 aromatic heterocycles.